The fourth-order valence-electron chi connectivity index (χ4n) is 5.54. The zero-order valence-corrected chi connectivity index (χ0v) is 24.2. The first-order chi connectivity index (χ1) is 20.0. The summed E-state index contributed by atoms with van der Waals surface area (Å²) in [4.78, 5) is 28.9. The van der Waals surface area contributed by atoms with Crippen molar-refractivity contribution in [2.75, 3.05) is 20.8 Å². The van der Waals surface area contributed by atoms with Crippen LogP contribution in [0.25, 0.3) is 6.08 Å². The molecule has 5 rings (SSSR count). The molecular weight excluding hydrogens is 539 g/mol. The van der Waals surface area contributed by atoms with Gasteiger partial charge in [0.25, 0.3) is 11.8 Å². The maximum atomic E-state index is 14.5. The largest absolute Gasteiger partial charge is 0.497 e. The third-order valence-electron chi connectivity index (χ3n) is 7.75. The van der Waals surface area contributed by atoms with Crippen LogP contribution < -0.4 is 14.8 Å². The van der Waals surface area contributed by atoms with Gasteiger partial charge < -0.3 is 19.7 Å². The van der Waals surface area contributed by atoms with Gasteiger partial charge in [-0.05, 0) is 72.9 Å². The fraction of sp³-hybridized carbons (Fsp3) is 0.333. The summed E-state index contributed by atoms with van der Waals surface area (Å²) in [5.74, 6) is 0.972. The molecule has 1 heterocycles. The molecule has 3 aromatic carbocycles. The number of fused-ring (bicyclic) bond motifs is 1. The average molecular weight is 575 g/mol. The highest BCUT2D eigenvalue weighted by Crippen LogP contribution is 2.42. The van der Waals surface area contributed by atoms with E-state index in [0.29, 0.717) is 34.2 Å². The molecule has 0 aromatic heterocycles. The highest BCUT2D eigenvalue weighted by atomic mass is 32.2. The van der Waals surface area contributed by atoms with Gasteiger partial charge in [-0.25, -0.2) is 4.39 Å². The van der Waals surface area contributed by atoms with Crippen LogP contribution in [0, 0.1) is 5.82 Å². The lowest BCUT2D eigenvalue weighted by Crippen LogP contribution is -2.50. The molecule has 1 aliphatic heterocycles. The van der Waals surface area contributed by atoms with Crippen LogP contribution in [-0.2, 0) is 17.8 Å². The zero-order chi connectivity index (χ0) is 28.8. The van der Waals surface area contributed by atoms with E-state index in [1.54, 1.807) is 50.2 Å². The van der Waals surface area contributed by atoms with Crippen LogP contribution >= 0.6 is 11.8 Å². The molecule has 1 saturated heterocycles. The molecule has 2 unspecified atom stereocenters. The third kappa shape index (κ3) is 6.76. The highest BCUT2D eigenvalue weighted by molar-refractivity contribution is 8.04. The van der Waals surface area contributed by atoms with Gasteiger partial charge in [-0.2, -0.15) is 0 Å². The summed E-state index contributed by atoms with van der Waals surface area (Å²) in [6.07, 6.45) is 6.69. The first-order valence-corrected chi connectivity index (χ1v) is 14.9. The van der Waals surface area contributed by atoms with Gasteiger partial charge in [0, 0.05) is 35.5 Å². The summed E-state index contributed by atoms with van der Waals surface area (Å²) >= 11 is 1.64. The van der Waals surface area contributed by atoms with Crippen molar-refractivity contribution in [1.29, 1.82) is 0 Å². The van der Waals surface area contributed by atoms with E-state index in [9.17, 15) is 14.0 Å². The van der Waals surface area contributed by atoms with E-state index in [2.05, 4.69) is 5.32 Å². The van der Waals surface area contributed by atoms with Gasteiger partial charge in [-0.15, -0.1) is 11.8 Å². The first-order valence-electron chi connectivity index (χ1n) is 14.0. The van der Waals surface area contributed by atoms with Crippen molar-refractivity contribution in [3.05, 3.63) is 99.7 Å². The summed E-state index contributed by atoms with van der Waals surface area (Å²) in [6, 6.07) is 19.6. The molecule has 2 atom stereocenters. The molecule has 214 valence electrons. The molecule has 0 bridgehead atoms. The van der Waals surface area contributed by atoms with Gasteiger partial charge in [0.1, 0.15) is 17.3 Å². The number of nitrogens with zero attached hydrogens (tertiary/aromatic N) is 1. The van der Waals surface area contributed by atoms with Gasteiger partial charge >= 0.3 is 0 Å². The Kier molecular flexibility index (Phi) is 9.29. The van der Waals surface area contributed by atoms with Crippen LogP contribution in [0.15, 0.2) is 71.6 Å². The second-order valence-electron chi connectivity index (χ2n) is 10.3. The van der Waals surface area contributed by atoms with E-state index in [0.717, 1.165) is 48.3 Å². The number of ether oxygens (including phenoxy) is 2. The van der Waals surface area contributed by atoms with Crippen LogP contribution in [0.4, 0.5) is 4.39 Å². The molecule has 2 amide bonds. The molecule has 1 N–H and O–H groups in total. The van der Waals surface area contributed by atoms with Crippen molar-refractivity contribution in [3.63, 3.8) is 0 Å². The molecule has 6 nitrogen and oxygen atoms in total. The summed E-state index contributed by atoms with van der Waals surface area (Å²) in [5, 5.41) is 3.26. The van der Waals surface area contributed by atoms with Gasteiger partial charge in [-0.3, -0.25) is 9.59 Å². The average Bonchev–Trinajstić information content (AvgIpc) is 3.00. The number of thioether (sulfide) groups is 1. The molecule has 1 saturated carbocycles. The standard InChI is InChI=1S/C33H35FN2O4S/c1-39-26-15-16-29(40-2)24(20-26)17-18-35-32(37)23-13-11-22(12-14-23)19-31-33(38)36(21-25-7-3-4-8-27(25)34)28-9-5-6-10-30(28)41-31/h3-4,7-8,11-16,19-20,28,30H,5-6,9-10,17-18,21H2,1-2H3,(H,35,37)/b31-19-. The number of rotatable bonds is 9. The van der Waals surface area contributed by atoms with Crippen molar-refractivity contribution in [2.24, 2.45) is 0 Å². The van der Waals surface area contributed by atoms with Crippen LogP contribution in [0.2, 0.25) is 0 Å². The maximum absolute atomic E-state index is 14.5. The molecule has 0 spiro atoms. The van der Waals surface area contributed by atoms with Gasteiger partial charge in [0.05, 0.1) is 19.1 Å². The lowest BCUT2D eigenvalue weighted by Gasteiger charge is -2.44. The van der Waals surface area contributed by atoms with E-state index >= 15 is 0 Å². The molecular formula is C33H35FN2O4S. The molecule has 41 heavy (non-hydrogen) atoms. The number of carbonyl (C=O) groups is 2. The quantitative estimate of drug-likeness (QED) is 0.307. The topological polar surface area (TPSA) is 67.9 Å². The van der Waals surface area contributed by atoms with Gasteiger partial charge in [-0.1, -0.05) is 43.2 Å². The predicted octanol–water partition coefficient (Wildman–Crippen LogP) is 6.24. The van der Waals surface area contributed by atoms with E-state index in [1.807, 2.05) is 47.4 Å². The number of halogens is 1. The molecule has 3 aromatic rings. The van der Waals surface area contributed by atoms with E-state index < -0.39 is 0 Å². The van der Waals surface area contributed by atoms with Gasteiger partial charge in [0.15, 0.2) is 0 Å². The Morgan fingerprint density at radius 3 is 2.56 bits per heavy atom. The second-order valence-corrected chi connectivity index (χ2v) is 11.6. The minimum atomic E-state index is -0.284. The lowest BCUT2D eigenvalue weighted by molar-refractivity contribution is -0.130. The van der Waals surface area contributed by atoms with Crippen molar-refractivity contribution < 1.29 is 23.5 Å². The van der Waals surface area contributed by atoms with Crippen molar-refractivity contribution >= 4 is 29.7 Å². The number of nitrogens with one attached hydrogen (secondary N) is 1. The maximum Gasteiger partial charge on any atom is 0.260 e. The number of carbonyl (C=O) groups excluding carboxylic acids is 2. The molecule has 2 aliphatic rings. The Labute approximate surface area is 244 Å². The Bertz CT molecular complexity index is 1420. The summed E-state index contributed by atoms with van der Waals surface area (Å²) in [6.45, 7) is 0.713. The number of hydrogen-bond acceptors (Lipinski definition) is 5. The second kappa shape index (κ2) is 13.3. The van der Waals surface area contributed by atoms with Crippen LogP contribution in [0.3, 0.4) is 0 Å². The molecule has 2 fully saturated rings. The summed E-state index contributed by atoms with van der Waals surface area (Å²) in [7, 11) is 3.23. The fourth-order valence-corrected chi connectivity index (χ4v) is 7.02. The minimum absolute atomic E-state index is 0.0591. The van der Waals surface area contributed by atoms with Crippen LogP contribution in [0.1, 0.15) is 52.7 Å². The molecule has 8 heteroatoms. The Morgan fingerprint density at radius 1 is 1.02 bits per heavy atom. The summed E-state index contributed by atoms with van der Waals surface area (Å²) in [5.41, 5.74) is 2.88. The van der Waals surface area contributed by atoms with Crippen molar-refractivity contribution in [3.8, 4) is 11.5 Å². The minimum Gasteiger partial charge on any atom is -0.497 e. The number of benzene rings is 3. The molecule has 1 aliphatic carbocycles. The van der Waals surface area contributed by atoms with Crippen molar-refractivity contribution in [2.45, 2.75) is 49.9 Å². The number of methoxy groups -OCH3 is 2. The van der Waals surface area contributed by atoms with E-state index in [-0.39, 0.29) is 30.2 Å². The lowest BCUT2D eigenvalue weighted by atomic mass is 9.92. The molecule has 0 radical (unpaired) electrons. The van der Waals surface area contributed by atoms with Gasteiger partial charge in [0.2, 0.25) is 0 Å². The summed E-state index contributed by atoms with van der Waals surface area (Å²) < 4.78 is 25.2. The SMILES string of the molecule is COc1ccc(OC)c(CCNC(=O)c2ccc(/C=C3\SC4CCCCC4N(Cc4ccccc4F)C3=O)cc2)c1. The van der Waals surface area contributed by atoms with E-state index in [4.69, 9.17) is 9.47 Å². The highest BCUT2D eigenvalue weighted by Gasteiger charge is 2.40. The van der Waals surface area contributed by atoms with Crippen molar-refractivity contribution in [1.82, 2.24) is 10.2 Å². The smallest absolute Gasteiger partial charge is 0.260 e. The number of amides is 2. The zero-order valence-electron chi connectivity index (χ0n) is 23.4. The predicted molar refractivity (Wildman–Crippen MR) is 161 cm³/mol. The normalized spacial score (nSPS) is 19.5. The number of hydrogen-bond donors (Lipinski definition) is 1. The van der Waals surface area contributed by atoms with Crippen LogP contribution in [-0.4, -0.2) is 48.8 Å². The van der Waals surface area contributed by atoms with Crippen LogP contribution in [0.5, 0.6) is 11.5 Å². The Balaban J connectivity index is 1.25. The Hall–Kier alpha value is -3.78. The van der Waals surface area contributed by atoms with E-state index in [1.165, 1.54) is 6.07 Å². The first kappa shape index (κ1) is 28.7. The Morgan fingerprint density at radius 2 is 1.80 bits per heavy atom. The third-order valence-corrected chi connectivity index (χ3v) is 9.15. The monoisotopic (exact) mass is 574 g/mol.